The maximum atomic E-state index is 5.78. The highest BCUT2D eigenvalue weighted by molar-refractivity contribution is 5.65. The molecule has 0 aliphatic heterocycles. The Kier molecular flexibility index (Phi) is 2.69. The second-order valence-electron chi connectivity index (χ2n) is 5.46. The van der Waals surface area contributed by atoms with E-state index in [1.165, 1.54) is 5.56 Å². The number of aromatic amines is 1. The van der Waals surface area contributed by atoms with Gasteiger partial charge in [-0.05, 0) is 6.92 Å². The van der Waals surface area contributed by atoms with E-state index in [1.54, 1.807) is 0 Å². The highest BCUT2D eigenvalue weighted by atomic mass is 15.0. The number of H-pyrrole nitrogens is 1. The van der Waals surface area contributed by atoms with Gasteiger partial charge in [-0.25, -0.2) is 4.98 Å². The number of aryl methyl sites for hydroxylation is 1. The Morgan fingerprint density at radius 2 is 1.71 bits per heavy atom. The lowest BCUT2D eigenvalue weighted by molar-refractivity contribution is 0.574. The molecule has 2 rings (SSSR count). The van der Waals surface area contributed by atoms with Crippen molar-refractivity contribution >= 4 is 5.95 Å². The fourth-order valence-electron chi connectivity index (χ4n) is 1.85. The normalized spacial score (nSPS) is 11.8. The maximum Gasteiger partial charge on any atom is 0.198 e. The van der Waals surface area contributed by atoms with Gasteiger partial charge in [0.2, 0.25) is 0 Å². The molecule has 0 aliphatic rings. The van der Waals surface area contributed by atoms with Crippen molar-refractivity contribution in [3.63, 3.8) is 0 Å². The summed E-state index contributed by atoms with van der Waals surface area (Å²) in [6.45, 7) is 8.53. The number of hydrogen-bond donors (Lipinski definition) is 2. The third kappa shape index (κ3) is 2.33. The van der Waals surface area contributed by atoms with Crippen molar-refractivity contribution in [2.24, 2.45) is 0 Å². The van der Waals surface area contributed by atoms with Crippen LogP contribution < -0.4 is 5.73 Å². The molecule has 1 heterocycles. The second kappa shape index (κ2) is 3.91. The molecule has 0 radical (unpaired) electrons. The highest BCUT2D eigenvalue weighted by Crippen LogP contribution is 2.31. The van der Waals surface area contributed by atoms with E-state index in [1.807, 2.05) is 0 Å². The van der Waals surface area contributed by atoms with Crippen molar-refractivity contribution in [3.8, 4) is 11.3 Å². The third-order valence-electron chi connectivity index (χ3n) is 2.80. The molecule has 0 saturated carbocycles. The van der Waals surface area contributed by atoms with E-state index in [0.717, 1.165) is 17.0 Å². The maximum absolute atomic E-state index is 5.78. The van der Waals surface area contributed by atoms with Crippen LogP contribution in [0.5, 0.6) is 0 Å². The molecular weight excluding hydrogens is 210 g/mol. The zero-order valence-electron chi connectivity index (χ0n) is 10.8. The minimum atomic E-state index is 0.00480. The molecule has 17 heavy (non-hydrogen) atoms. The molecule has 0 bridgehead atoms. The van der Waals surface area contributed by atoms with Crippen LogP contribution in [0.3, 0.4) is 0 Å². The predicted molar refractivity (Wildman–Crippen MR) is 71.9 cm³/mol. The number of hydrogen-bond acceptors (Lipinski definition) is 2. The Bertz CT molecular complexity index is 515. The van der Waals surface area contributed by atoms with Crippen molar-refractivity contribution in [3.05, 3.63) is 35.5 Å². The third-order valence-corrected chi connectivity index (χ3v) is 2.80. The molecule has 0 aliphatic carbocycles. The van der Waals surface area contributed by atoms with Crippen LogP contribution in [0, 0.1) is 6.92 Å². The van der Waals surface area contributed by atoms with Gasteiger partial charge in [0.25, 0.3) is 0 Å². The quantitative estimate of drug-likeness (QED) is 0.788. The first-order valence-corrected chi connectivity index (χ1v) is 5.81. The first kappa shape index (κ1) is 11.7. The molecule has 0 atom stereocenters. The monoisotopic (exact) mass is 229 g/mol. The van der Waals surface area contributed by atoms with Crippen molar-refractivity contribution in [1.29, 1.82) is 0 Å². The van der Waals surface area contributed by atoms with Gasteiger partial charge in [0, 0.05) is 16.7 Å². The molecule has 0 fully saturated rings. The molecule has 0 spiro atoms. The lowest BCUT2D eigenvalue weighted by Gasteiger charge is -2.18. The van der Waals surface area contributed by atoms with Crippen LogP contribution in [0.1, 0.15) is 32.0 Å². The van der Waals surface area contributed by atoms with Crippen molar-refractivity contribution < 1.29 is 0 Å². The van der Waals surface area contributed by atoms with Crippen LogP contribution in [0.25, 0.3) is 11.3 Å². The van der Waals surface area contributed by atoms with Gasteiger partial charge >= 0.3 is 0 Å². The summed E-state index contributed by atoms with van der Waals surface area (Å²) in [6, 6.07) is 8.35. The van der Waals surface area contributed by atoms with Gasteiger partial charge in [-0.15, -0.1) is 0 Å². The zero-order valence-corrected chi connectivity index (χ0v) is 10.8. The van der Waals surface area contributed by atoms with E-state index in [9.17, 15) is 0 Å². The SMILES string of the molecule is Cc1ccc(-c2nc(N)[nH]c2C(C)(C)C)cc1. The minimum absolute atomic E-state index is 0.00480. The molecular formula is C14H19N3. The summed E-state index contributed by atoms with van der Waals surface area (Å²) >= 11 is 0. The van der Waals surface area contributed by atoms with Crippen molar-refractivity contribution in [2.45, 2.75) is 33.1 Å². The molecule has 0 unspecified atom stereocenters. The number of rotatable bonds is 1. The van der Waals surface area contributed by atoms with Gasteiger partial charge in [-0.2, -0.15) is 0 Å². The van der Waals surface area contributed by atoms with E-state index in [4.69, 9.17) is 5.73 Å². The Morgan fingerprint density at radius 3 is 2.24 bits per heavy atom. The summed E-state index contributed by atoms with van der Waals surface area (Å²) in [5.41, 5.74) is 10.2. The lowest BCUT2D eigenvalue weighted by atomic mass is 9.89. The smallest absolute Gasteiger partial charge is 0.198 e. The zero-order chi connectivity index (χ0) is 12.6. The van der Waals surface area contributed by atoms with Crippen molar-refractivity contribution in [1.82, 2.24) is 9.97 Å². The molecule has 90 valence electrons. The minimum Gasteiger partial charge on any atom is -0.369 e. The summed E-state index contributed by atoms with van der Waals surface area (Å²) in [7, 11) is 0. The van der Waals surface area contributed by atoms with E-state index < -0.39 is 0 Å². The Labute approximate surface area is 102 Å². The number of nitrogens with two attached hydrogens (primary N) is 1. The highest BCUT2D eigenvalue weighted by Gasteiger charge is 2.22. The summed E-state index contributed by atoms with van der Waals surface area (Å²) in [6.07, 6.45) is 0. The van der Waals surface area contributed by atoms with Gasteiger partial charge < -0.3 is 10.7 Å². The van der Waals surface area contributed by atoms with Gasteiger partial charge in [0.05, 0.1) is 5.69 Å². The second-order valence-corrected chi connectivity index (χ2v) is 5.46. The molecule has 1 aromatic carbocycles. The van der Waals surface area contributed by atoms with E-state index in [-0.39, 0.29) is 5.41 Å². The molecule has 0 saturated heterocycles. The standard InChI is InChI=1S/C14H19N3/c1-9-5-7-10(8-6-9)11-12(14(2,3)4)17-13(15)16-11/h5-8H,1-4H3,(H3,15,16,17). The molecule has 2 aromatic rings. The summed E-state index contributed by atoms with van der Waals surface area (Å²) < 4.78 is 0. The number of nitrogens with zero attached hydrogens (tertiary/aromatic N) is 1. The van der Waals surface area contributed by atoms with Crippen LogP contribution in [-0.2, 0) is 5.41 Å². The predicted octanol–water partition coefficient (Wildman–Crippen LogP) is 3.26. The molecule has 3 nitrogen and oxygen atoms in total. The van der Waals surface area contributed by atoms with E-state index in [0.29, 0.717) is 5.95 Å². The number of benzene rings is 1. The van der Waals surface area contributed by atoms with E-state index in [2.05, 4.69) is 61.9 Å². The first-order valence-electron chi connectivity index (χ1n) is 5.81. The number of imidazole rings is 1. The number of nitrogen functional groups attached to an aromatic ring is 1. The Balaban J connectivity index is 2.55. The van der Waals surface area contributed by atoms with Crippen LogP contribution in [0.4, 0.5) is 5.95 Å². The van der Waals surface area contributed by atoms with Crippen LogP contribution in [0.15, 0.2) is 24.3 Å². The number of anilines is 1. The summed E-state index contributed by atoms with van der Waals surface area (Å²) in [5, 5.41) is 0. The first-order chi connectivity index (χ1) is 7.88. The molecule has 0 amide bonds. The van der Waals surface area contributed by atoms with Crippen LogP contribution in [-0.4, -0.2) is 9.97 Å². The summed E-state index contributed by atoms with van der Waals surface area (Å²) in [4.78, 5) is 7.56. The fraction of sp³-hybridized carbons (Fsp3) is 0.357. The molecule has 1 aromatic heterocycles. The lowest BCUT2D eigenvalue weighted by Crippen LogP contribution is -2.13. The summed E-state index contributed by atoms with van der Waals surface area (Å²) in [5.74, 6) is 0.477. The average molecular weight is 229 g/mol. The van der Waals surface area contributed by atoms with Gasteiger partial charge in [-0.3, -0.25) is 0 Å². The van der Waals surface area contributed by atoms with Crippen LogP contribution >= 0.6 is 0 Å². The number of nitrogens with one attached hydrogen (secondary N) is 1. The van der Waals surface area contributed by atoms with Crippen LogP contribution in [0.2, 0.25) is 0 Å². The molecule has 3 heteroatoms. The van der Waals surface area contributed by atoms with E-state index >= 15 is 0 Å². The Morgan fingerprint density at radius 1 is 1.12 bits per heavy atom. The molecule has 3 N–H and O–H groups in total. The van der Waals surface area contributed by atoms with Crippen molar-refractivity contribution in [2.75, 3.05) is 5.73 Å². The number of aromatic nitrogens is 2. The van der Waals surface area contributed by atoms with Gasteiger partial charge in [0.1, 0.15) is 0 Å². The van der Waals surface area contributed by atoms with Gasteiger partial charge in [-0.1, -0.05) is 50.6 Å². The topological polar surface area (TPSA) is 54.7 Å². The fourth-order valence-corrected chi connectivity index (χ4v) is 1.85. The van der Waals surface area contributed by atoms with Gasteiger partial charge in [0.15, 0.2) is 5.95 Å². The Hall–Kier alpha value is -1.77. The largest absolute Gasteiger partial charge is 0.369 e. The average Bonchev–Trinajstić information content (AvgIpc) is 2.61.